The van der Waals surface area contributed by atoms with Crippen molar-refractivity contribution in [2.24, 2.45) is 0 Å². The van der Waals surface area contributed by atoms with Gasteiger partial charge in [-0.2, -0.15) is 18.2 Å². The molecule has 0 aliphatic carbocycles. The maximum Gasteiger partial charge on any atom is 0.422 e. The zero-order valence-corrected chi connectivity index (χ0v) is 25.4. The summed E-state index contributed by atoms with van der Waals surface area (Å²) in [5.74, 6) is -0.818. The lowest BCUT2D eigenvalue weighted by Gasteiger charge is -2.20. The van der Waals surface area contributed by atoms with Crippen molar-refractivity contribution in [1.82, 2.24) is 19.5 Å². The Labute approximate surface area is 260 Å². The third-order valence-electron chi connectivity index (χ3n) is 6.30. The summed E-state index contributed by atoms with van der Waals surface area (Å²) in [6.07, 6.45) is -4.26. The number of fused-ring (bicyclic) bond motifs is 1. The van der Waals surface area contributed by atoms with E-state index in [1.165, 1.54) is 23.8 Å². The van der Waals surface area contributed by atoms with E-state index in [9.17, 15) is 18.0 Å². The van der Waals surface area contributed by atoms with E-state index < -0.39 is 30.3 Å². The van der Waals surface area contributed by atoms with Crippen molar-refractivity contribution in [2.75, 3.05) is 19.0 Å². The molecular formula is C32H29F4N5O5. The van der Waals surface area contributed by atoms with Crippen molar-refractivity contribution in [3.05, 3.63) is 78.5 Å². The van der Waals surface area contributed by atoms with Crippen molar-refractivity contribution >= 4 is 22.8 Å². The highest BCUT2D eigenvalue weighted by Crippen LogP contribution is 2.40. The number of benzene rings is 2. The first-order chi connectivity index (χ1) is 21.7. The van der Waals surface area contributed by atoms with Gasteiger partial charge in [-0.15, -0.1) is 0 Å². The highest BCUT2D eigenvalue weighted by Gasteiger charge is 2.30. The molecule has 0 fully saturated rings. The largest absolute Gasteiger partial charge is 0.496 e. The Morgan fingerprint density at radius 3 is 2.43 bits per heavy atom. The fraction of sp³-hybridized carbons (Fsp3) is 0.250. The number of nitrogens with one attached hydrogen (secondary N) is 1. The molecule has 5 aromatic rings. The molecule has 0 aliphatic heterocycles. The van der Waals surface area contributed by atoms with Crippen LogP contribution < -0.4 is 19.5 Å². The van der Waals surface area contributed by atoms with Gasteiger partial charge in [0.05, 0.1) is 18.3 Å². The van der Waals surface area contributed by atoms with E-state index in [0.717, 1.165) is 12.4 Å². The van der Waals surface area contributed by atoms with Crippen LogP contribution in [0.2, 0.25) is 0 Å². The summed E-state index contributed by atoms with van der Waals surface area (Å²) in [5, 5.41) is 2.64. The van der Waals surface area contributed by atoms with Gasteiger partial charge in [0.25, 0.3) is 0 Å². The Bertz CT molecular complexity index is 1900. The van der Waals surface area contributed by atoms with E-state index in [2.05, 4.69) is 20.3 Å². The normalized spacial score (nSPS) is 11.8. The zero-order chi connectivity index (χ0) is 33.2. The molecule has 0 saturated heterocycles. The predicted molar refractivity (Wildman–Crippen MR) is 161 cm³/mol. The molecule has 0 radical (unpaired) electrons. The fourth-order valence-electron chi connectivity index (χ4n) is 4.53. The summed E-state index contributed by atoms with van der Waals surface area (Å²) < 4.78 is 78.1. The van der Waals surface area contributed by atoms with Crippen LogP contribution in [0.5, 0.6) is 23.3 Å². The molecule has 14 heteroatoms. The fourth-order valence-corrected chi connectivity index (χ4v) is 4.53. The first-order valence-electron chi connectivity index (χ1n) is 13.9. The zero-order valence-electron chi connectivity index (χ0n) is 25.4. The smallest absolute Gasteiger partial charge is 0.422 e. The molecule has 1 amide bonds. The maximum absolute atomic E-state index is 15.6. The second kappa shape index (κ2) is 12.5. The van der Waals surface area contributed by atoms with Crippen LogP contribution in [0.15, 0.2) is 67.0 Å². The number of pyridine rings is 1. The number of amides is 1. The number of methoxy groups -OCH3 is 1. The highest BCUT2D eigenvalue weighted by molar-refractivity contribution is 5.92. The lowest BCUT2D eigenvalue weighted by atomic mass is 10.1. The molecule has 0 aliphatic rings. The molecule has 3 aromatic heterocycles. The second-order valence-corrected chi connectivity index (χ2v) is 11.1. The highest BCUT2D eigenvalue weighted by atomic mass is 19.4. The van der Waals surface area contributed by atoms with Crippen LogP contribution in [-0.2, 0) is 4.74 Å². The van der Waals surface area contributed by atoms with Gasteiger partial charge in [-0.1, -0.05) is 6.07 Å². The Kier molecular flexibility index (Phi) is 8.72. The molecule has 46 heavy (non-hydrogen) atoms. The number of hydrogen-bond acceptors (Lipinski definition) is 8. The number of anilines is 1. The van der Waals surface area contributed by atoms with Crippen molar-refractivity contribution in [3.63, 3.8) is 0 Å². The minimum Gasteiger partial charge on any atom is -0.496 e. The number of ether oxygens (including phenoxy) is 4. The Balaban J connectivity index is 1.63. The number of carbonyl (C=O) groups is 1. The summed E-state index contributed by atoms with van der Waals surface area (Å²) in [7, 11) is 1.41. The average molecular weight is 640 g/mol. The molecule has 5 rings (SSSR count). The molecular weight excluding hydrogens is 610 g/mol. The van der Waals surface area contributed by atoms with Gasteiger partial charge in [0.1, 0.15) is 23.2 Å². The summed E-state index contributed by atoms with van der Waals surface area (Å²) in [6.45, 7) is 5.33. The first kappa shape index (κ1) is 32.0. The van der Waals surface area contributed by atoms with Crippen LogP contribution in [0.25, 0.3) is 28.0 Å². The van der Waals surface area contributed by atoms with Crippen LogP contribution in [0.3, 0.4) is 0 Å². The average Bonchev–Trinajstić information content (AvgIpc) is 3.35. The van der Waals surface area contributed by atoms with E-state index in [4.69, 9.17) is 18.9 Å². The van der Waals surface area contributed by atoms with Crippen molar-refractivity contribution < 1.29 is 41.3 Å². The van der Waals surface area contributed by atoms with Gasteiger partial charge in [-0.3, -0.25) is 5.32 Å². The summed E-state index contributed by atoms with van der Waals surface area (Å²) >= 11 is 0. The molecule has 10 nitrogen and oxygen atoms in total. The molecule has 0 unspecified atom stereocenters. The Hall–Kier alpha value is -5.40. The number of rotatable bonds is 8. The van der Waals surface area contributed by atoms with E-state index in [0.29, 0.717) is 22.6 Å². The molecule has 3 heterocycles. The number of aryl methyl sites for hydroxylation is 1. The molecule has 240 valence electrons. The van der Waals surface area contributed by atoms with Gasteiger partial charge in [-0.25, -0.2) is 19.2 Å². The number of aromatic nitrogens is 4. The Morgan fingerprint density at radius 1 is 0.978 bits per heavy atom. The Morgan fingerprint density at radius 2 is 1.76 bits per heavy atom. The van der Waals surface area contributed by atoms with Crippen molar-refractivity contribution in [2.45, 2.75) is 39.5 Å². The summed E-state index contributed by atoms with van der Waals surface area (Å²) in [5.41, 5.74) is 1.53. The molecule has 1 N–H and O–H groups in total. The van der Waals surface area contributed by atoms with Crippen molar-refractivity contribution in [3.8, 4) is 40.2 Å². The minimum absolute atomic E-state index is 0.0492. The molecule has 0 bridgehead atoms. The quantitative estimate of drug-likeness (QED) is 0.170. The number of halogens is 4. The summed E-state index contributed by atoms with van der Waals surface area (Å²) in [6, 6.07) is 15.4. The van der Waals surface area contributed by atoms with Gasteiger partial charge in [0.15, 0.2) is 18.2 Å². The number of carbonyl (C=O) groups excluding carboxylic acids is 1. The van der Waals surface area contributed by atoms with Crippen LogP contribution >= 0.6 is 0 Å². The van der Waals surface area contributed by atoms with E-state index >= 15 is 4.39 Å². The van der Waals surface area contributed by atoms with Gasteiger partial charge < -0.3 is 23.5 Å². The number of nitrogens with zero attached hydrogens (tertiary/aromatic N) is 4. The second-order valence-electron chi connectivity index (χ2n) is 11.1. The minimum atomic E-state index is -4.65. The molecule has 2 aromatic carbocycles. The molecule has 0 spiro atoms. The summed E-state index contributed by atoms with van der Waals surface area (Å²) in [4.78, 5) is 24.8. The van der Waals surface area contributed by atoms with E-state index in [-0.39, 0.29) is 40.0 Å². The van der Waals surface area contributed by atoms with Crippen LogP contribution in [0, 0.1) is 12.7 Å². The van der Waals surface area contributed by atoms with E-state index in [1.54, 1.807) is 70.2 Å². The van der Waals surface area contributed by atoms with E-state index in [1.807, 2.05) is 0 Å². The van der Waals surface area contributed by atoms with Gasteiger partial charge in [-0.05, 0) is 64.1 Å². The molecule has 0 saturated carbocycles. The van der Waals surface area contributed by atoms with Crippen LogP contribution in [0.4, 0.5) is 28.0 Å². The lowest BCUT2D eigenvalue weighted by molar-refractivity contribution is -0.153. The van der Waals surface area contributed by atoms with Gasteiger partial charge in [0, 0.05) is 40.8 Å². The standard InChI is InChI=1S/C32H29F4N5O5/c1-18-7-6-8-27(39-18)45-25-12-10-20(14-22(25)33)41-24(15-23-28(41)29(38-17-37-23)44-16-32(34,35)36)21-11-9-19(13-26(21)43-5)40-30(42)46-31(2,3)4/h6-15,17H,16H2,1-5H3,(H,40,42). The third kappa shape index (κ3) is 7.45. The van der Waals surface area contributed by atoms with Gasteiger partial charge in [0.2, 0.25) is 11.8 Å². The maximum atomic E-state index is 15.6. The molecule has 0 atom stereocenters. The lowest BCUT2D eigenvalue weighted by Crippen LogP contribution is -2.27. The number of hydrogen-bond donors (Lipinski definition) is 1. The number of alkyl halides is 3. The predicted octanol–water partition coefficient (Wildman–Crippen LogP) is 8.02. The van der Waals surface area contributed by atoms with Gasteiger partial charge >= 0.3 is 12.3 Å². The van der Waals surface area contributed by atoms with Crippen LogP contribution in [0.1, 0.15) is 26.5 Å². The van der Waals surface area contributed by atoms with Crippen molar-refractivity contribution in [1.29, 1.82) is 0 Å². The first-order valence-corrected chi connectivity index (χ1v) is 13.9. The van der Waals surface area contributed by atoms with Crippen LogP contribution in [-0.4, -0.2) is 51.1 Å². The monoisotopic (exact) mass is 639 g/mol. The topological polar surface area (TPSA) is 110 Å². The third-order valence-corrected chi connectivity index (χ3v) is 6.30. The SMILES string of the molecule is COc1cc(NC(=O)OC(C)(C)C)ccc1-c1cc2ncnc(OCC(F)(F)F)c2n1-c1ccc(Oc2cccc(C)n2)c(F)c1.